The summed E-state index contributed by atoms with van der Waals surface area (Å²) in [6.45, 7) is 2.25. The highest BCUT2D eigenvalue weighted by Crippen LogP contribution is 2.48. The van der Waals surface area contributed by atoms with Crippen molar-refractivity contribution in [2.45, 2.75) is 19.4 Å². The molecule has 1 aliphatic heterocycles. The van der Waals surface area contributed by atoms with Gasteiger partial charge in [-0.25, -0.2) is 4.79 Å². The first-order valence-corrected chi connectivity index (χ1v) is 14.3. The zero-order valence-corrected chi connectivity index (χ0v) is 24.9. The van der Waals surface area contributed by atoms with Crippen LogP contribution in [0.2, 0.25) is 0 Å². The number of fused-ring (bicyclic) bond motifs is 3. The van der Waals surface area contributed by atoms with Crippen molar-refractivity contribution in [1.82, 2.24) is 5.32 Å². The molecule has 0 fully saturated rings. The molecule has 1 atom stereocenters. The Bertz CT molecular complexity index is 1730. The molecule has 1 aliphatic carbocycles. The standard InChI is InChI=1S/C32H23BrINO4/c1-17-26(32(37)38-2)27(28-29(35-17)22-9-5-6-10-23(22)30(28)36)21-14-24(33)31(25(34)15-21)39-16-18-11-12-19-7-3-4-8-20(19)13-18/h3-15,27,35H,16H2,1-2H3/t27-/m1/s1. The van der Waals surface area contributed by atoms with Crippen LogP contribution in [0.1, 0.15) is 39.9 Å². The molecule has 4 aromatic rings. The van der Waals surface area contributed by atoms with Gasteiger partial charge in [0.1, 0.15) is 12.4 Å². The van der Waals surface area contributed by atoms with Gasteiger partial charge in [-0.1, -0.05) is 60.7 Å². The van der Waals surface area contributed by atoms with Crippen molar-refractivity contribution in [2.24, 2.45) is 0 Å². The molecule has 1 heterocycles. The Balaban J connectivity index is 1.38. The van der Waals surface area contributed by atoms with Crippen LogP contribution in [0.25, 0.3) is 16.5 Å². The molecule has 39 heavy (non-hydrogen) atoms. The summed E-state index contributed by atoms with van der Waals surface area (Å²) in [5.74, 6) is -0.442. The Morgan fingerprint density at radius 2 is 1.69 bits per heavy atom. The molecule has 1 N–H and O–H groups in total. The predicted octanol–water partition coefficient (Wildman–Crippen LogP) is 7.53. The van der Waals surface area contributed by atoms with Crippen molar-refractivity contribution in [1.29, 1.82) is 0 Å². The van der Waals surface area contributed by atoms with Gasteiger partial charge in [0.15, 0.2) is 5.78 Å². The molecule has 0 saturated carbocycles. The number of nitrogens with one attached hydrogen (secondary N) is 1. The summed E-state index contributed by atoms with van der Waals surface area (Å²) in [4.78, 5) is 26.7. The van der Waals surface area contributed by atoms with Gasteiger partial charge in [-0.05, 0) is 85.5 Å². The monoisotopic (exact) mass is 691 g/mol. The van der Waals surface area contributed by atoms with Crippen molar-refractivity contribution >= 4 is 66.7 Å². The van der Waals surface area contributed by atoms with Gasteiger partial charge in [-0.3, -0.25) is 4.79 Å². The van der Waals surface area contributed by atoms with E-state index in [-0.39, 0.29) is 5.78 Å². The first-order valence-electron chi connectivity index (χ1n) is 12.4. The predicted molar refractivity (Wildman–Crippen MR) is 163 cm³/mol. The summed E-state index contributed by atoms with van der Waals surface area (Å²) in [7, 11) is 1.36. The maximum atomic E-state index is 13.7. The molecule has 0 bridgehead atoms. The van der Waals surface area contributed by atoms with Gasteiger partial charge in [-0.2, -0.15) is 0 Å². The largest absolute Gasteiger partial charge is 0.487 e. The summed E-state index contributed by atoms with van der Waals surface area (Å²) in [6.07, 6.45) is 0. The lowest BCUT2D eigenvalue weighted by Crippen LogP contribution is -2.29. The van der Waals surface area contributed by atoms with Crippen LogP contribution in [-0.2, 0) is 16.1 Å². The highest BCUT2D eigenvalue weighted by atomic mass is 127. The Morgan fingerprint density at radius 1 is 0.974 bits per heavy atom. The first kappa shape index (κ1) is 25.8. The number of esters is 1. The van der Waals surface area contributed by atoms with Crippen molar-refractivity contribution in [3.8, 4) is 5.75 Å². The number of rotatable bonds is 5. The number of dihydropyridines is 1. The average molecular weight is 692 g/mol. The third-order valence-corrected chi connectivity index (χ3v) is 8.60. The molecular formula is C32H23BrINO4. The maximum Gasteiger partial charge on any atom is 0.336 e. The van der Waals surface area contributed by atoms with E-state index in [9.17, 15) is 9.59 Å². The molecule has 0 spiro atoms. The maximum absolute atomic E-state index is 13.7. The van der Waals surface area contributed by atoms with Crippen molar-refractivity contribution < 1.29 is 19.1 Å². The minimum Gasteiger partial charge on any atom is -0.487 e. The number of methoxy groups -OCH3 is 1. The minimum absolute atomic E-state index is 0.0882. The molecular weight excluding hydrogens is 669 g/mol. The molecule has 7 heteroatoms. The Kier molecular flexibility index (Phi) is 6.81. The summed E-state index contributed by atoms with van der Waals surface area (Å²) < 4.78 is 13.0. The van der Waals surface area contributed by atoms with Crippen LogP contribution in [0.5, 0.6) is 5.75 Å². The van der Waals surface area contributed by atoms with E-state index in [4.69, 9.17) is 9.47 Å². The van der Waals surface area contributed by atoms with Crippen LogP contribution >= 0.6 is 38.5 Å². The quantitative estimate of drug-likeness (QED) is 0.173. The smallest absolute Gasteiger partial charge is 0.336 e. The van der Waals surface area contributed by atoms with Crippen LogP contribution in [0, 0.1) is 3.57 Å². The van der Waals surface area contributed by atoms with Crippen molar-refractivity contribution in [2.75, 3.05) is 7.11 Å². The highest BCUT2D eigenvalue weighted by Gasteiger charge is 2.43. The van der Waals surface area contributed by atoms with E-state index in [1.807, 2.05) is 55.5 Å². The number of carbonyl (C=O) groups excluding carboxylic acids is 2. The Morgan fingerprint density at radius 3 is 2.44 bits per heavy atom. The van der Waals surface area contributed by atoms with Crippen LogP contribution in [-0.4, -0.2) is 18.9 Å². The number of benzene rings is 4. The van der Waals surface area contributed by atoms with Crippen LogP contribution in [0.3, 0.4) is 0 Å². The van der Waals surface area contributed by atoms with Gasteiger partial charge in [0.2, 0.25) is 0 Å². The number of allylic oxidation sites excluding steroid dienone is 2. The van der Waals surface area contributed by atoms with Crippen LogP contribution in [0.4, 0.5) is 0 Å². The molecule has 0 radical (unpaired) electrons. The van der Waals surface area contributed by atoms with Gasteiger partial charge >= 0.3 is 5.97 Å². The molecule has 0 saturated heterocycles. The van der Waals surface area contributed by atoms with E-state index < -0.39 is 11.9 Å². The number of halogens is 2. The second-order valence-electron chi connectivity index (χ2n) is 9.54. The second kappa shape index (κ2) is 10.3. The fourth-order valence-electron chi connectivity index (χ4n) is 5.41. The topological polar surface area (TPSA) is 64.6 Å². The van der Waals surface area contributed by atoms with E-state index in [1.54, 1.807) is 0 Å². The molecule has 5 nitrogen and oxygen atoms in total. The van der Waals surface area contributed by atoms with E-state index in [2.05, 4.69) is 74.2 Å². The fourth-order valence-corrected chi connectivity index (χ4v) is 7.18. The number of ether oxygens (including phenoxy) is 2. The number of carbonyl (C=O) groups is 2. The summed E-state index contributed by atoms with van der Waals surface area (Å²) in [6, 6.07) is 26.0. The first-order chi connectivity index (χ1) is 18.9. The molecule has 2 aliphatic rings. The van der Waals surface area contributed by atoms with Crippen molar-refractivity contribution in [3.05, 3.63) is 126 Å². The molecule has 194 valence electrons. The normalized spacial score (nSPS) is 16.2. The van der Waals surface area contributed by atoms with E-state index in [1.165, 1.54) is 12.5 Å². The van der Waals surface area contributed by atoms with Gasteiger partial charge in [-0.15, -0.1) is 0 Å². The third-order valence-electron chi connectivity index (χ3n) is 7.21. The summed E-state index contributed by atoms with van der Waals surface area (Å²) in [5, 5.41) is 5.67. The molecule has 0 aromatic heterocycles. The summed E-state index contributed by atoms with van der Waals surface area (Å²) >= 11 is 5.95. The van der Waals surface area contributed by atoms with Gasteiger partial charge in [0.25, 0.3) is 0 Å². The van der Waals surface area contributed by atoms with E-state index >= 15 is 0 Å². The lowest BCUT2D eigenvalue weighted by Gasteiger charge is -2.29. The molecule has 6 rings (SSSR count). The summed E-state index contributed by atoms with van der Waals surface area (Å²) in [5.41, 5.74) is 5.72. The SMILES string of the molecule is COC(=O)C1=C(C)NC2=C(C(=O)c3ccccc32)[C@@H]1c1cc(Br)c(OCc2ccc3ccccc3c2)c(I)c1. The van der Waals surface area contributed by atoms with E-state index in [0.717, 1.165) is 35.8 Å². The number of ketones is 1. The van der Waals surface area contributed by atoms with E-state index in [0.29, 0.717) is 34.8 Å². The highest BCUT2D eigenvalue weighted by molar-refractivity contribution is 14.1. The van der Waals surface area contributed by atoms with Crippen LogP contribution < -0.4 is 10.1 Å². The minimum atomic E-state index is -0.590. The molecule has 4 aromatic carbocycles. The Hall–Kier alpha value is -3.43. The van der Waals surface area contributed by atoms with Gasteiger partial charge < -0.3 is 14.8 Å². The number of Topliss-reactive ketones (excluding diaryl/α,β-unsaturated/α-hetero) is 1. The van der Waals surface area contributed by atoms with Gasteiger partial charge in [0, 0.05) is 28.3 Å². The second-order valence-corrected chi connectivity index (χ2v) is 11.6. The van der Waals surface area contributed by atoms with Crippen molar-refractivity contribution in [3.63, 3.8) is 0 Å². The molecule has 0 amide bonds. The third kappa shape index (κ3) is 4.47. The Labute approximate surface area is 248 Å². The average Bonchev–Trinajstić information content (AvgIpc) is 3.22. The lowest BCUT2D eigenvalue weighted by atomic mass is 9.80. The number of hydrogen-bond acceptors (Lipinski definition) is 5. The van der Waals surface area contributed by atoms with Crippen LogP contribution in [0.15, 0.2) is 100 Å². The lowest BCUT2D eigenvalue weighted by molar-refractivity contribution is -0.136. The number of hydrogen-bond donors (Lipinski definition) is 1. The molecule has 0 unspecified atom stereocenters. The zero-order valence-electron chi connectivity index (χ0n) is 21.2. The van der Waals surface area contributed by atoms with Gasteiger partial charge in [0.05, 0.1) is 26.4 Å². The fraction of sp³-hybridized carbons (Fsp3) is 0.125. The zero-order chi connectivity index (χ0) is 27.3.